The maximum atomic E-state index is 5.37. The molecule has 1 saturated heterocycles. The fourth-order valence-corrected chi connectivity index (χ4v) is 2.79. The first-order valence-corrected chi connectivity index (χ1v) is 8.56. The molecule has 1 N–H and O–H groups in total. The Morgan fingerprint density at radius 2 is 1.96 bits per heavy atom. The van der Waals surface area contributed by atoms with Crippen LogP contribution < -0.4 is 10.2 Å². The summed E-state index contributed by atoms with van der Waals surface area (Å²) in [5.74, 6) is 1.59. The van der Waals surface area contributed by atoms with Crippen LogP contribution in [0.5, 0.6) is 0 Å². The predicted molar refractivity (Wildman–Crippen MR) is 96.9 cm³/mol. The number of ether oxygens (including phenoxy) is 1. The molecule has 0 aliphatic carbocycles. The van der Waals surface area contributed by atoms with E-state index in [1.54, 1.807) is 0 Å². The van der Waals surface area contributed by atoms with Crippen molar-refractivity contribution in [3.63, 3.8) is 0 Å². The van der Waals surface area contributed by atoms with E-state index in [-0.39, 0.29) is 0 Å². The molecule has 6 heteroatoms. The number of para-hydroxylation sites is 1. The molecule has 0 saturated carbocycles. The summed E-state index contributed by atoms with van der Waals surface area (Å²) >= 11 is 0. The second kappa shape index (κ2) is 8.61. The first-order valence-electron chi connectivity index (χ1n) is 8.56. The van der Waals surface area contributed by atoms with Crippen molar-refractivity contribution in [1.29, 1.82) is 0 Å². The molecule has 1 aromatic heterocycles. The Hall–Kier alpha value is -2.18. The summed E-state index contributed by atoms with van der Waals surface area (Å²) in [6.07, 6.45) is 1.81. The molecule has 6 nitrogen and oxygen atoms in total. The van der Waals surface area contributed by atoms with Gasteiger partial charge in [0.25, 0.3) is 0 Å². The molecule has 1 fully saturated rings. The number of nitrogens with one attached hydrogen (secondary N) is 1. The van der Waals surface area contributed by atoms with Crippen LogP contribution in [-0.2, 0) is 4.74 Å². The molecule has 3 rings (SSSR count). The summed E-state index contributed by atoms with van der Waals surface area (Å²) in [7, 11) is 0. The lowest BCUT2D eigenvalue weighted by molar-refractivity contribution is 0.0398. The zero-order chi connectivity index (χ0) is 16.6. The van der Waals surface area contributed by atoms with Crippen molar-refractivity contribution in [2.24, 2.45) is 0 Å². The fourth-order valence-electron chi connectivity index (χ4n) is 2.79. The molecule has 0 spiro atoms. The molecule has 0 amide bonds. The molecule has 1 aliphatic rings. The minimum Gasteiger partial charge on any atom is -0.379 e. The van der Waals surface area contributed by atoms with Gasteiger partial charge < -0.3 is 15.0 Å². The highest BCUT2D eigenvalue weighted by molar-refractivity contribution is 5.58. The van der Waals surface area contributed by atoms with Gasteiger partial charge in [-0.2, -0.15) is 4.98 Å². The van der Waals surface area contributed by atoms with Gasteiger partial charge >= 0.3 is 0 Å². The van der Waals surface area contributed by atoms with E-state index in [1.807, 2.05) is 30.5 Å². The molecular formula is C18H25N5O. The second-order valence-electron chi connectivity index (χ2n) is 5.70. The molecule has 0 atom stereocenters. The largest absolute Gasteiger partial charge is 0.379 e. The molecule has 0 bridgehead atoms. The highest BCUT2D eigenvalue weighted by atomic mass is 16.5. The van der Waals surface area contributed by atoms with Gasteiger partial charge in [-0.05, 0) is 25.1 Å². The standard InChI is InChI=1S/C18H25N5O/c1-2-23(16-6-4-3-5-7-16)18-20-9-8-17(21-18)19-10-11-22-12-14-24-15-13-22/h3-9H,2,10-15H2,1H3,(H,19,20,21). The third kappa shape index (κ3) is 4.43. The Balaban J connectivity index is 1.60. The third-order valence-electron chi connectivity index (χ3n) is 4.11. The molecule has 2 aromatic rings. The SMILES string of the molecule is CCN(c1ccccc1)c1nccc(NCCN2CCOCC2)n1. The zero-order valence-electron chi connectivity index (χ0n) is 14.2. The van der Waals surface area contributed by atoms with Gasteiger partial charge in [-0.1, -0.05) is 18.2 Å². The summed E-state index contributed by atoms with van der Waals surface area (Å²) in [5, 5.41) is 3.40. The third-order valence-corrected chi connectivity index (χ3v) is 4.11. The predicted octanol–water partition coefficient (Wildman–Crippen LogP) is 2.38. The number of morpholine rings is 1. The van der Waals surface area contributed by atoms with E-state index in [4.69, 9.17) is 4.74 Å². The quantitative estimate of drug-likeness (QED) is 0.843. The summed E-state index contributed by atoms with van der Waals surface area (Å²) in [6.45, 7) is 8.48. The average molecular weight is 327 g/mol. The van der Waals surface area contributed by atoms with Crippen LogP contribution in [0.2, 0.25) is 0 Å². The Bertz CT molecular complexity index is 616. The van der Waals surface area contributed by atoms with Gasteiger partial charge in [-0.15, -0.1) is 0 Å². The normalized spacial score (nSPS) is 15.2. The summed E-state index contributed by atoms with van der Waals surface area (Å²) in [5.41, 5.74) is 1.10. The maximum Gasteiger partial charge on any atom is 0.231 e. The highest BCUT2D eigenvalue weighted by Crippen LogP contribution is 2.21. The average Bonchev–Trinajstić information content (AvgIpc) is 2.65. The van der Waals surface area contributed by atoms with E-state index in [0.29, 0.717) is 0 Å². The molecule has 0 unspecified atom stereocenters. The van der Waals surface area contributed by atoms with Gasteiger partial charge in [0.1, 0.15) is 5.82 Å². The second-order valence-corrected chi connectivity index (χ2v) is 5.70. The number of hydrogen-bond donors (Lipinski definition) is 1. The molecular weight excluding hydrogens is 302 g/mol. The van der Waals surface area contributed by atoms with Gasteiger partial charge in [0.05, 0.1) is 13.2 Å². The van der Waals surface area contributed by atoms with Crippen LogP contribution >= 0.6 is 0 Å². The van der Waals surface area contributed by atoms with E-state index < -0.39 is 0 Å². The number of benzene rings is 1. The van der Waals surface area contributed by atoms with Crippen LogP contribution in [0.1, 0.15) is 6.92 Å². The molecule has 1 aromatic carbocycles. The van der Waals surface area contributed by atoms with Crippen molar-refractivity contribution in [3.8, 4) is 0 Å². The summed E-state index contributed by atoms with van der Waals surface area (Å²) < 4.78 is 5.37. The Morgan fingerprint density at radius 3 is 2.71 bits per heavy atom. The van der Waals surface area contributed by atoms with Crippen molar-refractivity contribution in [1.82, 2.24) is 14.9 Å². The summed E-state index contributed by atoms with van der Waals surface area (Å²) in [4.78, 5) is 13.6. The van der Waals surface area contributed by atoms with Gasteiger partial charge in [-0.25, -0.2) is 4.98 Å². The highest BCUT2D eigenvalue weighted by Gasteiger charge is 2.11. The first kappa shape index (κ1) is 16.7. The monoisotopic (exact) mass is 327 g/mol. The summed E-state index contributed by atoms with van der Waals surface area (Å²) in [6, 6.07) is 12.1. The topological polar surface area (TPSA) is 53.5 Å². The van der Waals surface area contributed by atoms with Crippen LogP contribution in [0.15, 0.2) is 42.6 Å². The van der Waals surface area contributed by atoms with Crippen LogP contribution in [0, 0.1) is 0 Å². The van der Waals surface area contributed by atoms with Crippen molar-refractivity contribution in [3.05, 3.63) is 42.6 Å². The fraction of sp³-hybridized carbons (Fsp3) is 0.444. The van der Waals surface area contributed by atoms with Gasteiger partial charge in [0.2, 0.25) is 5.95 Å². The van der Waals surface area contributed by atoms with E-state index in [0.717, 1.165) is 63.4 Å². The van der Waals surface area contributed by atoms with Gasteiger partial charge in [-0.3, -0.25) is 4.90 Å². The molecule has 24 heavy (non-hydrogen) atoms. The van der Waals surface area contributed by atoms with E-state index in [9.17, 15) is 0 Å². The van der Waals surface area contributed by atoms with E-state index in [1.165, 1.54) is 0 Å². The van der Waals surface area contributed by atoms with Gasteiger partial charge in [0.15, 0.2) is 0 Å². The van der Waals surface area contributed by atoms with Crippen molar-refractivity contribution >= 4 is 17.5 Å². The lowest BCUT2D eigenvalue weighted by Gasteiger charge is -2.26. The molecule has 2 heterocycles. The van der Waals surface area contributed by atoms with Crippen molar-refractivity contribution < 1.29 is 4.74 Å². The van der Waals surface area contributed by atoms with Crippen molar-refractivity contribution in [2.75, 3.05) is 56.2 Å². The van der Waals surface area contributed by atoms with Crippen LogP contribution in [0.25, 0.3) is 0 Å². The van der Waals surface area contributed by atoms with Crippen LogP contribution in [0.4, 0.5) is 17.5 Å². The molecule has 1 aliphatic heterocycles. The first-order chi connectivity index (χ1) is 11.9. The molecule has 128 valence electrons. The number of rotatable bonds is 7. The lowest BCUT2D eigenvalue weighted by atomic mass is 10.3. The van der Waals surface area contributed by atoms with Crippen LogP contribution in [0.3, 0.4) is 0 Å². The zero-order valence-corrected chi connectivity index (χ0v) is 14.2. The van der Waals surface area contributed by atoms with Crippen LogP contribution in [-0.4, -0.2) is 60.8 Å². The Kier molecular flexibility index (Phi) is 5.98. The Labute approximate surface area is 143 Å². The lowest BCUT2D eigenvalue weighted by Crippen LogP contribution is -2.39. The smallest absolute Gasteiger partial charge is 0.231 e. The van der Waals surface area contributed by atoms with Gasteiger partial charge in [0, 0.05) is 44.6 Å². The maximum absolute atomic E-state index is 5.37. The van der Waals surface area contributed by atoms with E-state index in [2.05, 4.69) is 44.1 Å². The Morgan fingerprint density at radius 1 is 1.17 bits per heavy atom. The minimum atomic E-state index is 0.722. The number of anilines is 3. The number of hydrogen-bond acceptors (Lipinski definition) is 6. The number of aromatic nitrogens is 2. The van der Waals surface area contributed by atoms with Crippen molar-refractivity contribution in [2.45, 2.75) is 6.92 Å². The van der Waals surface area contributed by atoms with E-state index >= 15 is 0 Å². The number of nitrogens with zero attached hydrogens (tertiary/aromatic N) is 4. The molecule has 0 radical (unpaired) electrons. The minimum absolute atomic E-state index is 0.722.